The Hall–Kier alpha value is 0.0300. The van der Waals surface area contributed by atoms with Gasteiger partial charge in [0.25, 0.3) is 0 Å². The van der Waals surface area contributed by atoms with Gasteiger partial charge in [-0.25, -0.2) is 23.1 Å². The lowest BCUT2D eigenvalue weighted by Crippen LogP contribution is -2.12. The molecule has 0 radical (unpaired) electrons. The van der Waals surface area contributed by atoms with E-state index in [4.69, 9.17) is 26.7 Å². The number of carbonyl (C=O) groups excluding carboxylic acids is 1. The molecule has 0 aromatic heterocycles. The summed E-state index contributed by atoms with van der Waals surface area (Å²) >= 11 is 0. The first-order valence-electron chi connectivity index (χ1n) is 20.0. The zero-order chi connectivity index (χ0) is 39.7. The third-order valence-corrected chi connectivity index (χ3v) is 15.2. The minimum absolute atomic E-state index is 0.151. The maximum atomic E-state index is 13.8. The summed E-state index contributed by atoms with van der Waals surface area (Å²) in [6.45, 7) is 6.36. The van der Waals surface area contributed by atoms with Crippen molar-refractivity contribution in [1.29, 1.82) is 0 Å². The molecule has 0 spiro atoms. The van der Waals surface area contributed by atoms with Gasteiger partial charge in [-0.3, -0.25) is 18.1 Å². The summed E-state index contributed by atoms with van der Waals surface area (Å²) in [6.07, 6.45) is 20.7. The highest BCUT2D eigenvalue weighted by atomic mass is 31.3. The van der Waals surface area contributed by atoms with E-state index in [2.05, 4.69) is 36.5 Å². The number of aliphatic hydroxyl groups excluding tert-OH is 1. The fourth-order valence-electron chi connectivity index (χ4n) is 5.00. The molecule has 0 aliphatic carbocycles. The van der Waals surface area contributed by atoms with Gasteiger partial charge in [0.15, 0.2) is 0 Å². The molecule has 0 aromatic carbocycles. The zero-order valence-electron chi connectivity index (χ0n) is 33.0. The van der Waals surface area contributed by atoms with Gasteiger partial charge in [-0.05, 0) is 25.7 Å². The first-order valence-corrected chi connectivity index (χ1v) is 25.9. The van der Waals surface area contributed by atoms with Gasteiger partial charge in [-0.15, -0.1) is 0 Å². The highest BCUT2D eigenvalue weighted by Crippen LogP contribution is 2.75. The van der Waals surface area contributed by atoms with Gasteiger partial charge in [0.05, 0.1) is 26.4 Å². The predicted molar refractivity (Wildman–Crippen MR) is 206 cm³/mol. The van der Waals surface area contributed by atoms with Crippen molar-refractivity contribution in [3.8, 4) is 0 Å². The third kappa shape index (κ3) is 30.8. The standard InChI is InChI=1S/C34H72O15P4/c1-5-9-13-17-21-25-29-42-51(39,43-30-26-22-18-14-10-6-2)47-50(37,38)48-53(41,46-34(36)33-35)49-52(40,44-31-27-23-19-15-11-7-3)45-32-28-24-20-16-12-8-4/h35H,5-33H2,1-4H3,(H,37,38). The minimum Gasteiger partial charge on any atom is -0.385 e. The predicted octanol–water partition coefficient (Wildman–Crippen LogP) is 12.5. The average molecular weight is 845 g/mol. The smallest absolute Gasteiger partial charge is 0.385 e. The Bertz CT molecular complexity index is 1050. The van der Waals surface area contributed by atoms with Gasteiger partial charge >= 0.3 is 37.3 Å². The molecule has 2 N–H and O–H groups in total. The molecule has 53 heavy (non-hydrogen) atoms. The summed E-state index contributed by atoms with van der Waals surface area (Å²) in [5, 5.41) is 9.30. The van der Waals surface area contributed by atoms with Crippen LogP contribution in [-0.2, 0) is 58.6 Å². The van der Waals surface area contributed by atoms with Gasteiger partial charge in [0.1, 0.15) is 6.61 Å². The Morgan fingerprint density at radius 2 is 0.679 bits per heavy atom. The molecule has 0 bridgehead atoms. The van der Waals surface area contributed by atoms with Gasteiger partial charge in [0.2, 0.25) is 0 Å². The molecule has 0 heterocycles. The minimum atomic E-state index is -5.82. The molecular weight excluding hydrogens is 772 g/mol. The second-order valence-corrected chi connectivity index (χ2v) is 19.9. The summed E-state index contributed by atoms with van der Waals surface area (Å²) < 4.78 is 95.1. The van der Waals surface area contributed by atoms with Crippen molar-refractivity contribution in [2.75, 3.05) is 33.0 Å². The summed E-state index contributed by atoms with van der Waals surface area (Å²) in [6, 6.07) is 0. The van der Waals surface area contributed by atoms with Crippen LogP contribution in [0.5, 0.6) is 0 Å². The number of aliphatic hydroxyl groups is 1. The molecular formula is C34H72O15P4. The second-order valence-electron chi connectivity index (χ2n) is 13.1. The van der Waals surface area contributed by atoms with E-state index in [0.717, 1.165) is 128 Å². The van der Waals surface area contributed by atoms with Crippen LogP contribution in [0.1, 0.15) is 182 Å². The molecule has 0 rings (SSSR count). The van der Waals surface area contributed by atoms with Crippen molar-refractivity contribution >= 4 is 37.3 Å². The number of hydrogen-bond donors (Lipinski definition) is 2. The normalized spacial score (nSPS) is 14.6. The van der Waals surface area contributed by atoms with Gasteiger partial charge in [-0.1, -0.05) is 156 Å². The number of hydrogen-bond acceptors (Lipinski definition) is 14. The number of rotatable bonds is 40. The summed E-state index contributed by atoms with van der Waals surface area (Å²) in [5.41, 5.74) is 0. The lowest BCUT2D eigenvalue weighted by atomic mass is 10.1. The maximum absolute atomic E-state index is 13.8. The molecule has 0 amide bonds. The number of phosphoric ester groups is 2. The number of carbonyl (C=O) groups is 1. The van der Waals surface area contributed by atoms with Crippen molar-refractivity contribution in [3.05, 3.63) is 0 Å². The highest BCUT2D eigenvalue weighted by molar-refractivity contribution is 7.70. The maximum Gasteiger partial charge on any atom is 0.550 e. The van der Waals surface area contributed by atoms with Crippen LogP contribution < -0.4 is 0 Å². The van der Waals surface area contributed by atoms with Crippen LogP contribution >= 0.6 is 31.3 Å². The zero-order valence-corrected chi connectivity index (χ0v) is 36.6. The molecule has 0 aromatic rings. The Morgan fingerprint density at radius 3 is 0.981 bits per heavy atom. The molecule has 15 nitrogen and oxygen atoms in total. The molecule has 2 atom stereocenters. The van der Waals surface area contributed by atoms with Crippen LogP contribution in [0.2, 0.25) is 0 Å². The molecule has 0 aliphatic rings. The van der Waals surface area contributed by atoms with Gasteiger partial charge in [-0.2, -0.15) is 12.9 Å². The summed E-state index contributed by atoms with van der Waals surface area (Å²) in [5.74, 6) is -1.62. The van der Waals surface area contributed by atoms with Crippen LogP contribution in [0.4, 0.5) is 0 Å². The quantitative estimate of drug-likeness (QED) is 0.0435. The van der Waals surface area contributed by atoms with E-state index >= 15 is 0 Å². The lowest BCUT2D eigenvalue weighted by Gasteiger charge is -2.25. The van der Waals surface area contributed by atoms with Crippen molar-refractivity contribution in [1.82, 2.24) is 0 Å². The van der Waals surface area contributed by atoms with Crippen LogP contribution in [0.3, 0.4) is 0 Å². The molecule has 318 valence electrons. The highest BCUT2D eigenvalue weighted by Gasteiger charge is 2.51. The van der Waals surface area contributed by atoms with Crippen LogP contribution in [0.15, 0.2) is 0 Å². The van der Waals surface area contributed by atoms with E-state index < -0.39 is 43.9 Å². The molecule has 0 aliphatic heterocycles. The Morgan fingerprint density at radius 1 is 0.415 bits per heavy atom. The lowest BCUT2D eigenvalue weighted by molar-refractivity contribution is -0.138. The van der Waals surface area contributed by atoms with Crippen LogP contribution in [-0.4, -0.2) is 49.0 Å². The van der Waals surface area contributed by atoms with Gasteiger partial charge < -0.3 is 14.5 Å². The van der Waals surface area contributed by atoms with Crippen molar-refractivity contribution < 1.29 is 68.6 Å². The number of phosphoric acid groups is 4. The topological polar surface area (TPSA) is 200 Å². The Labute approximate surface area is 320 Å². The third-order valence-electron chi connectivity index (χ3n) is 7.94. The van der Waals surface area contributed by atoms with E-state index in [1.807, 2.05) is 0 Å². The Balaban J connectivity index is 5.95. The van der Waals surface area contributed by atoms with Crippen molar-refractivity contribution in [2.24, 2.45) is 0 Å². The monoisotopic (exact) mass is 844 g/mol. The SMILES string of the molecule is CCCCCCCCOP(=O)(OCCCCCCCC)OP(=O)(O)OP(=O)(OC(=O)CO)OP(=O)(OCCCCCCCC)OCCCCCCCC. The van der Waals surface area contributed by atoms with Crippen molar-refractivity contribution in [3.63, 3.8) is 0 Å². The summed E-state index contributed by atoms with van der Waals surface area (Å²) in [4.78, 5) is 22.8. The van der Waals surface area contributed by atoms with Crippen LogP contribution in [0.25, 0.3) is 0 Å². The van der Waals surface area contributed by atoms with E-state index in [1.165, 1.54) is 0 Å². The van der Waals surface area contributed by atoms with E-state index in [-0.39, 0.29) is 26.4 Å². The molecule has 0 saturated heterocycles. The number of unbranched alkanes of at least 4 members (excludes halogenated alkanes) is 20. The molecule has 0 saturated carbocycles. The van der Waals surface area contributed by atoms with E-state index in [9.17, 15) is 33.1 Å². The van der Waals surface area contributed by atoms with E-state index in [1.54, 1.807) is 0 Å². The van der Waals surface area contributed by atoms with Gasteiger partial charge in [0, 0.05) is 0 Å². The fourth-order valence-corrected chi connectivity index (χ4v) is 11.7. The largest absolute Gasteiger partial charge is 0.550 e. The van der Waals surface area contributed by atoms with Crippen LogP contribution in [0, 0.1) is 0 Å². The molecule has 0 fully saturated rings. The molecule has 2 unspecified atom stereocenters. The fraction of sp³-hybridized carbons (Fsp3) is 0.971. The molecule has 19 heteroatoms. The second kappa shape index (κ2) is 33.0. The van der Waals surface area contributed by atoms with Crippen molar-refractivity contribution in [2.45, 2.75) is 182 Å². The average Bonchev–Trinajstić information content (AvgIpc) is 3.09. The Kier molecular flexibility index (Phi) is 33.1. The van der Waals surface area contributed by atoms with E-state index in [0.29, 0.717) is 25.7 Å². The summed E-state index contributed by atoms with van der Waals surface area (Å²) in [7, 11) is -21.3. The first kappa shape index (κ1) is 53.0. The first-order chi connectivity index (χ1) is 25.3.